The van der Waals surface area contributed by atoms with E-state index < -0.39 is 10.0 Å². The summed E-state index contributed by atoms with van der Waals surface area (Å²) >= 11 is 0. The molecule has 6 nitrogen and oxygen atoms in total. The molecule has 0 aliphatic heterocycles. The largest absolute Gasteiger partial charge is 0.370 e. The highest BCUT2D eigenvalue weighted by molar-refractivity contribution is 7.89. The maximum Gasteiger partial charge on any atom is 0.211 e. The number of hydrogen-bond donors (Lipinski definition) is 2. The Morgan fingerprint density at radius 3 is 2.50 bits per heavy atom. The molecular weight excluding hydrogens is 348 g/mol. The zero-order chi connectivity index (χ0) is 18.6. The van der Waals surface area contributed by atoms with E-state index in [0.717, 1.165) is 49.3 Å². The van der Waals surface area contributed by atoms with E-state index in [1.54, 1.807) is 6.92 Å². The minimum atomic E-state index is -3.10. The van der Waals surface area contributed by atoms with Crippen LogP contribution in [-0.4, -0.2) is 36.5 Å². The van der Waals surface area contributed by atoms with E-state index in [1.807, 2.05) is 29.9 Å². The maximum atomic E-state index is 11.7. The van der Waals surface area contributed by atoms with E-state index in [-0.39, 0.29) is 11.8 Å². The first kappa shape index (κ1) is 18.9. The van der Waals surface area contributed by atoms with Crippen LogP contribution >= 0.6 is 0 Å². The van der Waals surface area contributed by atoms with Crippen molar-refractivity contribution >= 4 is 15.8 Å². The zero-order valence-electron chi connectivity index (χ0n) is 15.5. The lowest BCUT2D eigenvalue weighted by Crippen LogP contribution is -2.39. The van der Waals surface area contributed by atoms with Gasteiger partial charge in [0.1, 0.15) is 5.82 Å². The molecule has 1 saturated carbocycles. The van der Waals surface area contributed by atoms with Crippen LogP contribution in [0.25, 0.3) is 11.3 Å². The number of rotatable bonds is 7. The topological polar surface area (TPSA) is 76.0 Å². The third-order valence-corrected chi connectivity index (χ3v) is 6.55. The molecule has 0 unspecified atom stereocenters. The van der Waals surface area contributed by atoms with Crippen molar-refractivity contribution in [3.8, 4) is 11.3 Å². The minimum absolute atomic E-state index is 0.0950. The Morgan fingerprint density at radius 2 is 1.85 bits per heavy atom. The molecule has 26 heavy (non-hydrogen) atoms. The van der Waals surface area contributed by atoms with Gasteiger partial charge in [-0.3, -0.25) is 4.68 Å². The summed E-state index contributed by atoms with van der Waals surface area (Å²) < 4.78 is 28.1. The first-order chi connectivity index (χ1) is 12.5. The van der Waals surface area contributed by atoms with Crippen LogP contribution in [0.4, 0.5) is 5.82 Å². The van der Waals surface area contributed by atoms with E-state index in [2.05, 4.69) is 33.3 Å². The van der Waals surface area contributed by atoms with Crippen molar-refractivity contribution in [2.75, 3.05) is 17.6 Å². The monoisotopic (exact) mass is 376 g/mol. The van der Waals surface area contributed by atoms with Gasteiger partial charge in [-0.25, -0.2) is 13.1 Å². The van der Waals surface area contributed by atoms with Crippen LogP contribution in [-0.2, 0) is 17.1 Å². The molecule has 0 radical (unpaired) electrons. The molecule has 1 heterocycles. The molecule has 0 bridgehead atoms. The highest BCUT2D eigenvalue weighted by Crippen LogP contribution is 2.26. The number of nitrogens with one attached hydrogen (secondary N) is 2. The predicted octanol–water partition coefficient (Wildman–Crippen LogP) is 3.00. The van der Waals surface area contributed by atoms with Crippen LogP contribution < -0.4 is 10.0 Å². The van der Waals surface area contributed by atoms with Crippen LogP contribution in [0.1, 0.15) is 32.6 Å². The first-order valence-corrected chi connectivity index (χ1v) is 11.0. The molecule has 0 atom stereocenters. The van der Waals surface area contributed by atoms with Crippen LogP contribution in [0.2, 0.25) is 0 Å². The second-order valence-corrected chi connectivity index (χ2v) is 9.07. The summed E-state index contributed by atoms with van der Waals surface area (Å²) in [7, 11) is -1.15. The quantitative estimate of drug-likeness (QED) is 0.779. The van der Waals surface area contributed by atoms with E-state index in [1.165, 1.54) is 0 Å². The van der Waals surface area contributed by atoms with Crippen LogP contribution in [0, 0.1) is 5.92 Å². The number of nitrogens with zero attached hydrogens (tertiary/aromatic N) is 2. The van der Waals surface area contributed by atoms with E-state index in [0.29, 0.717) is 5.92 Å². The number of benzene rings is 1. The molecule has 3 rings (SSSR count). The van der Waals surface area contributed by atoms with Crippen molar-refractivity contribution in [1.82, 2.24) is 14.5 Å². The second kappa shape index (κ2) is 8.22. The summed E-state index contributed by atoms with van der Waals surface area (Å²) in [6.07, 6.45) is 3.89. The van der Waals surface area contributed by atoms with Crippen LogP contribution in [0.5, 0.6) is 0 Å². The maximum absolute atomic E-state index is 11.7. The SMILES string of the molecule is CCS(=O)(=O)NC1CCC(CNc2cc(-c3ccccc3)nn2C)CC1. The fraction of sp³-hybridized carbons (Fsp3) is 0.526. The molecule has 1 aromatic carbocycles. The lowest BCUT2D eigenvalue weighted by Gasteiger charge is -2.29. The highest BCUT2D eigenvalue weighted by Gasteiger charge is 2.24. The van der Waals surface area contributed by atoms with Gasteiger partial charge in [0.05, 0.1) is 11.4 Å². The van der Waals surface area contributed by atoms with Gasteiger partial charge in [-0.1, -0.05) is 30.3 Å². The summed E-state index contributed by atoms with van der Waals surface area (Å²) in [5, 5.41) is 8.09. The summed E-state index contributed by atoms with van der Waals surface area (Å²) in [6.45, 7) is 2.57. The van der Waals surface area contributed by atoms with Crippen molar-refractivity contribution in [3.05, 3.63) is 36.4 Å². The third kappa shape index (κ3) is 4.86. The molecule has 1 fully saturated rings. The normalized spacial score (nSPS) is 20.8. The van der Waals surface area contributed by atoms with Gasteiger partial charge in [0, 0.05) is 31.3 Å². The molecule has 0 saturated heterocycles. The van der Waals surface area contributed by atoms with Gasteiger partial charge >= 0.3 is 0 Å². The Labute approximate surface area is 156 Å². The number of anilines is 1. The van der Waals surface area contributed by atoms with Gasteiger partial charge in [-0.15, -0.1) is 0 Å². The molecule has 0 amide bonds. The van der Waals surface area contributed by atoms with E-state index in [9.17, 15) is 8.42 Å². The number of sulfonamides is 1. The van der Waals surface area contributed by atoms with E-state index in [4.69, 9.17) is 0 Å². The molecule has 2 aromatic rings. The fourth-order valence-electron chi connectivity index (χ4n) is 3.45. The second-order valence-electron chi connectivity index (χ2n) is 7.02. The molecule has 1 aromatic heterocycles. The van der Waals surface area contributed by atoms with Gasteiger partial charge in [-0.2, -0.15) is 5.10 Å². The molecule has 0 spiro atoms. The van der Waals surface area contributed by atoms with Crippen LogP contribution in [0.15, 0.2) is 36.4 Å². The smallest absolute Gasteiger partial charge is 0.211 e. The Hall–Kier alpha value is -1.86. The summed E-state index contributed by atoms with van der Waals surface area (Å²) in [6, 6.07) is 12.3. The van der Waals surface area contributed by atoms with Crippen LogP contribution in [0.3, 0.4) is 0 Å². The van der Waals surface area contributed by atoms with Crippen molar-refractivity contribution in [2.24, 2.45) is 13.0 Å². The Bertz CT molecular complexity index is 809. The molecule has 2 N–H and O–H groups in total. The number of aryl methyl sites for hydroxylation is 1. The molecule has 142 valence electrons. The van der Waals surface area contributed by atoms with Gasteiger partial charge in [0.25, 0.3) is 0 Å². The molecule has 7 heteroatoms. The van der Waals surface area contributed by atoms with Crippen molar-refractivity contribution in [3.63, 3.8) is 0 Å². The summed E-state index contributed by atoms with van der Waals surface area (Å²) in [5.74, 6) is 1.73. The van der Waals surface area contributed by atoms with Gasteiger partial charge in [-0.05, 0) is 38.5 Å². The van der Waals surface area contributed by atoms with Crippen molar-refractivity contribution in [2.45, 2.75) is 38.6 Å². The van der Waals surface area contributed by atoms with E-state index >= 15 is 0 Å². The lowest BCUT2D eigenvalue weighted by atomic mass is 9.86. The lowest BCUT2D eigenvalue weighted by molar-refractivity contribution is 0.323. The van der Waals surface area contributed by atoms with Crippen molar-refractivity contribution in [1.29, 1.82) is 0 Å². The van der Waals surface area contributed by atoms with Gasteiger partial charge in [0.15, 0.2) is 0 Å². The minimum Gasteiger partial charge on any atom is -0.370 e. The Kier molecular flexibility index (Phi) is 5.98. The Morgan fingerprint density at radius 1 is 1.15 bits per heavy atom. The summed E-state index contributed by atoms with van der Waals surface area (Å²) in [5.41, 5.74) is 2.08. The molecule has 1 aliphatic rings. The molecule has 1 aliphatic carbocycles. The highest BCUT2D eigenvalue weighted by atomic mass is 32.2. The van der Waals surface area contributed by atoms with Gasteiger partial charge in [0.2, 0.25) is 10.0 Å². The third-order valence-electron chi connectivity index (χ3n) is 5.09. The zero-order valence-corrected chi connectivity index (χ0v) is 16.3. The first-order valence-electron chi connectivity index (χ1n) is 9.30. The summed E-state index contributed by atoms with van der Waals surface area (Å²) in [4.78, 5) is 0. The number of hydrogen-bond acceptors (Lipinski definition) is 4. The predicted molar refractivity (Wildman–Crippen MR) is 105 cm³/mol. The molecular formula is C19H28N4O2S. The fourth-order valence-corrected chi connectivity index (χ4v) is 4.36. The van der Waals surface area contributed by atoms with Gasteiger partial charge < -0.3 is 5.32 Å². The number of aromatic nitrogens is 2. The average Bonchev–Trinajstić information content (AvgIpc) is 3.02. The average molecular weight is 377 g/mol. The standard InChI is InChI=1S/C19H28N4O2S/c1-3-26(24,25)22-17-11-9-15(10-12-17)14-20-19-13-18(21-23(19)2)16-7-5-4-6-8-16/h4-8,13,15,17,20,22H,3,9-12,14H2,1-2H3. The Balaban J connectivity index is 1.51. The van der Waals surface area contributed by atoms with Crippen molar-refractivity contribution < 1.29 is 8.42 Å².